The van der Waals surface area contributed by atoms with Crippen LogP contribution in [0, 0.1) is 12.3 Å². The topological polar surface area (TPSA) is 26.3 Å². The highest BCUT2D eigenvalue weighted by molar-refractivity contribution is 5.87. The normalized spacial score (nSPS) is 9.64. The van der Waals surface area contributed by atoms with Crippen LogP contribution in [0.4, 0.5) is 0 Å². The molecular weight excluding hydrogens is 176 g/mol. The Bertz CT molecular complexity index is 358. The molecule has 0 spiro atoms. The second kappa shape index (κ2) is 5.60. The Kier molecular flexibility index (Phi) is 4.03. The van der Waals surface area contributed by atoms with E-state index in [1.807, 2.05) is 30.3 Å². The van der Waals surface area contributed by atoms with Gasteiger partial charge in [0, 0.05) is 6.08 Å². The Morgan fingerprint density at radius 3 is 2.79 bits per heavy atom. The first kappa shape index (κ1) is 10.1. The predicted molar refractivity (Wildman–Crippen MR) is 55.3 cm³/mol. The van der Waals surface area contributed by atoms with Crippen LogP contribution in [0.5, 0.6) is 0 Å². The lowest BCUT2D eigenvalue weighted by Crippen LogP contribution is -1.99. The lowest BCUT2D eigenvalue weighted by Gasteiger charge is -1.94. The predicted octanol–water partition coefficient (Wildman–Crippen LogP) is 1.88. The van der Waals surface area contributed by atoms with Gasteiger partial charge in [-0.25, -0.2) is 4.79 Å². The van der Waals surface area contributed by atoms with Crippen LogP contribution in [-0.4, -0.2) is 12.6 Å². The molecule has 1 aromatic carbocycles. The van der Waals surface area contributed by atoms with Crippen molar-refractivity contribution in [3.8, 4) is 12.3 Å². The van der Waals surface area contributed by atoms with Gasteiger partial charge in [-0.2, -0.15) is 0 Å². The summed E-state index contributed by atoms with van der Waals surface area (Å²) in [4.78, 5) is 11.0. The molecule has 0 amide bonds. The number of carbonyl (C=O) groups is 1. The first-order chi connectivity index (χ1) is 6.83. The molecule has 0 heterocycles. The number of ether oxygens (including phenoxy) is 1. The fourth-order valence-corrected chi connectivity index (χ4v) is 0.889. The van der Waals surface area contributed by atoms with Crippen molar-refractivity contribution in [3.05, 3.63) is 42.0 Å². The van der Waals surface area contributed by atoms with Gasteiger partial charge in [0.05, 0.1) is 0 Å². The highest BCUT2D eigenvalue weighted by Gasteiger charge is 1.93. The summed E-state index contributed by atoms with van der Waals surface area (Å²) in [6, 6.07) is 9.49. The maximum Gasteiger partial charge on any atom is 0.331 e. The van der Waals surface area contributed by atoms with E-state index in [9.17, 15) is 4.79 Å². The molecule has 1 rings (SSSR count). The molecule has 0 aromatic heterocycles. The largest absolute Gasteiger partial charge is 0.449 e. The highest BCUT2D eigenvalue weighted by Crippen LogP contribution is 2.00. The van der Waals surface area contributed by atoms with Crippen LogP contribution in [0.25, 0.3) is 6.08 Å². The van der Waals surface area contributed by atoms with E-state index >= 15 is 0 Å². The quantitative estimate of drug-likeness (QED) is 0.409. The average molecular weight is 186 g/mol. The molecule has 2 heteroatoms. The van der Waals surface area contributed by atoms with Gasteiger partial charge in [0.25, 0.3) is 0 Å². The molecule has 0 unspecified atom stereocenters. The summed E-state index contributed by atoms with van der Waals surface area (Å²) in [7, 11) is 0. The zero-order valence-corrected chi connectivity index (χ0v) is 7.64. The summed E-state index contributed by atoms with van der Waals surface area (Å²) in [6.45, 7) is 0.0119. The molecule has 14 heavy (non-hydrogen) atoms. The summed E-state index contributed by atoms with van der Waals surface area (Å²) >= 11 is 0. The van der Waals surface area contributed by atoms with Gasteiger partial charge in [0.15, 0.2) is 6.61 Å². The summed E-state index contributed by atoms with van der Waals surface area (Å²) < 4.78 is 4.65. The SMILES string of the molecule is C#CCOC(=O)C=Cc1ccccc1. The second-order valence-electron chi connectivity index (χ2n) is 2.56. The van der Waals surface area contributed by atoms with Gasteiger partial charge in [-0.05, 0) is 11.6 Å². The fourth-order valence-electron chi connectivity index (χ4n) is 0.889. The number of hydrogen-bond acceptors (Lipinski definition) is 2. The van der Waals surface area contributed by atoms with Gasteiger partial charge in [-0.3, -0.25) is 0 Å². The number of terminal acetylenes is 1. The number of hydrogen-bond donors (Lipinski definition) is 0. The molecule has 0 aliphatic carbocycles. The van der Waals surface area contributed by atoms with E-state index < -0.39 is 5.97 Å². The van der Waals surface area contributed by atoms with Gasteiger partial charge < -0.3 is 4.74 Å². The first-order valence-corrected chi connectivity index (χ1v) is 4.16. The van der Waals surface area contributed by atoms with E-state index in [2.05, 4.69) is 10.7 Å². The first-order valence-electron chi connectivity index (χ1n) is 4.16. The molecule has 0 bridgehead atoms. The fraction of sp³-hybridized carbons (Fsp3) is 0.0833. The van der Waals surface area contributed by atoms with E-state index in [1.165, 1.54) is 6.08 Å². The maximum atomic E-state index is 11.0. The maximum absolute atomic E-state index is 11.0. The zero-order chi connectivity index (χ0) is 10.2. The third-order valence-electron chi connectivity index (χ3n) is 1.51. The van der Waals surface area contributed by atoms with Crippen LogP contribution in [0.15, 0.2) is 36.4 Å². The molecular formula is C12H10O2. The zero-order valence-electron chi connectivity index (χ0n) is 7.64. The molecule has 2 nitrogen and oxygen atoms in total. The number of carbonyl (C=O) groups excluding carboxylic acids is 1. The van der Waals surface area contributed by atoms with Crippen LogP contribution in [0.2, 0.25) is 0 Å². The Morgan fingerprint density at radius 1 is 1.43 bits per heavy atom. The van der Waals surface area contributed by atoms with Crippen molar-refractivity contribution in [1.82, 2.24) is 0 Å². The summed E-state index contributed by atoms with van der Waals surface area (Å²) in [5, 5.41) is 0. The van der Waals surface area contributed by atoms with Gasteiger partial charge in [0.1, 0.15) is 0 Å². The summed E-state index contributed by atoms with van der Waals surface area (Å²) in [6.07, 6.45) is 7.97. The van der Waals surface area contributed by atoms with Crippen LogP contribution in [0.3, 0.4) is 0 Å². The Labute approximate surface area is 83.2 Å². The molecule has 0 radical (unpaired) electrons. The lowest BCUT2D eigenvalue weighted by molar-refractivity contribution is -0.136. The Morgan fingerprint density at radius 2 is 2.14 bits per heavy atom. The highest BCUT2D eigenvalue weighted by atomic mass is 16.5. The molecule has 0 saturated heterocycles. The van der Waals surface area contributed by atoms with E-state index in [0.717, 1.165) is 5.56 Å². The van der Waals surface area contributed by atoms with Crippen molar-refractivity contribution in [3.63, 3.8) is 0 Å². The molecule has 0 N–H and O–H groups in total. The third kappa shape index (κ3) is 3.59. The summed E-state index contributed by atoms with van der Waals surface area (Å²) in [5.74, 6) is 1.80. The molecule has 0 aliphatic rings. The van der Waals surface area contributed by atoms with E-state index in [1.54, 1.807) is 6.08 Å². The smallest absolute Gasteiger partial charge is 0.331 e. The van der Waals surface area contributed by atoms with Crippen LogP contribution >= 0.6 is 0 Å². The van der Waals surface area contributed by atoms with Crippen molar-refractivity contribution in [1.29, 1.82) is 0 Å². The molecule has 0 atom stereocenters. The Hall–Kier alpha value is -2.01. The summed E-state index contributed by atoms with van der Waals surface area (Å²) in [5.41, 5.74) is 0.949. The van der Waals surface area contributed by atoms with Crippen LogP contribution in [-0.2, 0) is 9.53 Å². The monoisotopic (exact) mass is 186 g/mol. The van der Waals surface area contributed by atoms with Crippen molar-refractivity contribution < 1.29 is 9.53 Å². The van der Waals surface area contributed by atoms with Crippen LogP contribution in [0.1, 0.15) is 5.56 Å². The molecule has 0 aliphatic heterocycles. The molecule has 70 valence electrons. The number of rotatable bonds is 3. The molecule has 1 aromatic rings. The second-order valence-corrected chi connectivity index (χ2v) is 2.56. The minimum atomic E-state index is -0.424. The Balaban J connectivity index is 2.49. The van der Waals surface area contributed by atoms with Crippen molar-refractivity contribution in [2.24, 2.45) is 0 Å². The molecule has 0 saturated carbocycles. The number of esters is 1. The van der Waals surface area contributed by atoms with Gasteiger partial charge in [-0.1, -0.05) is 36.3 Å². The van der Waals surface area contributed by atoms with E-state index in [-0.39, 0.29) is 6.61 Å². The van der Waals surface area contributed by atoms with Gasteiger partial charge >= 0.3 is 5.97 Å². The van der Waals surface area contributed by atoms with Crippen molar-refractivity contribution in [2.45, 2.75) is 0 Å². The van der Waals surface area contributed by atoms with Crippen LogP contribution < -0.4 is 0 Å². The molecule has 0 fully saturated rings. The minimum Gasteiger partial charge on any atom is -0.449 e. The number of benzene rings is 1. The minimum absolute atomic E-state index is 0.0119. The van der Waals surface area contributed by atoms with E-state index in [0.29, 0.717) is 0 Å². The van der Waals surface area contributed by atoms with Gasteiger partial charge in [0.2, 0.25) is 0 Å². The van der Waals surface area contributed by atoms with Gasteiger partial charge in [-0.15, -0.1) is 6.42 Å². The van der Waals surface area contributed by atoms with E-state index in [4.69, 9.17) is 6.42 Å². The lowest BCUT2D eigenvalue weighted by atomic mass is 10.2. The van der Waals surface area contributed by atoms with Crippen molar-refractivity contribution >= 4 is 12.0 Å². The third-order valence-corrected chi connectivity index (χ3v) is 1.51. The standard InChI is InChI=1S/C12H10O2/c1-2-10-14-12(13)9-8-11-6-4-3-5-7-11/h1,3-9H,10H2. The van der Waals surface area contributed by atoms with Crippen molar-refractivity contribution in [2.75, 3.05) is 6.61 Å². The average Bonchev–Trinajstić information content (AvgIpc) is 2.25.